The molecule has 0 heterocycles. The van der Waals surface area contributed by atoms with Gasteiger partial charge in [0.25, 0.3) is 0 Å². The predicted octanol–water partition coefficient (Wildman–Crippen LogP) is 4.31. The van der Waals surface area contributed by atoms with Gasteiger partial charge in [-0.05, 0) is 37.2 Å². The highest BCUT2D eigenvalue weighted by Crippen LogP contribution is 2.25. The average Bonchev–Trinajstić information content (AvgIpc) is 2.51. The number of nitrogens with one attached hydrogen (secondary N) is 1. The van der Waals surface area contributed by atoms with Crippen molar-refractivity contribution in [3.63, 3.8) is 0 Å². The summed E-state index contributed by atoms with van der Waals surface area (Å²) in [5.74, 6) is 0.663. The quantitative estimate of drug-likeness (QED) is 0.766. The van der Waals surface area contributed by atoms with Gasteiger partial charge in [-0.1, -0.05) is 43.7 Å². The standard InChI is InChI=1S/C18H22FNO/c1-3-4-13-21-15-11-9-14(10-12-15)18(20-2)16-7-5-6-8-17(16)19/h5-12,18,20H,3-4,13H2,1-2H3. The Morgan fingerprint density at radius 3 is 2.43 bits per heavy atom. The number of benzene rings is 2. The summed E-state index contributed by atoms with van der Waals surface area (Å²) in [5, 5.41) is 3.17. The average molecular weight is 287 g/mol. The van der Waals surface area contributed by atoms with Crippen LogP contribution in [0.5, 0.6) is 5.75 Å². The van der Waals surface area contributed by atoms with E-state index in [1.165, 1.54) is 6.07 Å². The number of ether oxygens (including phenoxy) is 1. The van der Waals surface area contributed by atoms with Crippen LogP contribution < -0.4 is 10.1 Å². The van der Waals surface area contributed by atoms with Crippen LogP contribution in [0.1, 0.15) is 36.9 Å². The van der Waals surface area contributed by atoms with E-state index >= 15 is 0 Å². The predicted molar refractivity (Wildman–Crippen MR) is 84.1 cm³/mol. The third-order valence-electron chi connectivity index (χ3n) is 3.48. The van der Waals surface area contributed by atoms with Crippen molar-refractivity contribution in [2.75, 3.05) is 13.7 Å². The molecule has 0 amide bonds. The highest BCUT2D eigenvalue weighted by Gasteiger charge is 2.15. The zero-order valence-corrected chi connectivity index (χ0v) is 12.6. The van der Waals surface area contributed by atoms with Crippen LogP contribution in [0.3, 0.4) is 0 Å². The first-order valence-electron chi connectivity index (χ1n) is 7.40. The second kappa shape index (κ2) is 7.79. The van der Waals surface area contributed by atoms with Crippen LogP contribution >= 0.6 is 0 Å². The summed E-state index contributed by atoms with van der Waals surface area (Å²) < 4.78 is 19.6. The largest absolute Gasteiger partial charge is 0.494 e. The SMILES string of the molecule is CCCCOc1ccc(C(NC)c2ccccc2F)cc1. The van der Waals surface area contributed by atoms with Crippen LogP contribution in [0.15, 0.2) is 48.5 Å². The lowest BCUT2D eigenvalue weighted by Crippen LogP contribution is -2.18. The van der Waals surface area contributed by atoms with Crippen LogP contribution in [0, 0.1) is 5.82 Å². The van der Waals surface area contributed by atoms with Gasteiger partial charge in [0.15, 0.2) is 0 Å². The molecular formula is C18H22FNO. The van der Waals surface area contributed by atoms with Gasteiger partial charge in [-0.25, -0.2) is 4.39 Å². The fourth-order valence-corrected chi connectivity index (χ4v) is 2.30. The lowest BCUT2D eigenvalue weighted by molar-refractivity contribution is 0.309. The molecule has 0 aliphatic heterocycles. The summed E-state index contributed by atoms with van der Waals surface area (Å²) in [4.78, 5) is 0. The summed E-state index contributed by atoms with van der Waals surface area (Å²) in [6, 6.07) is 14.5. The first-order valence-corrected chi connectivity index (χ1v) is 7.40. The van der Waals surface area contributed by atoms with Crippen molar-refractivity contribution in [3.05, 3.63) is 65.5 Å². The van der Waals surface area contributed by atoms with Crippen molar-refractivity contribution in [1.82, 2.24) is 5.32 Å². The highest BCUT2D eigenvalue weighted by atomic mass is 19.1. The molecule has 3 heteroatoms. The van der Waals surface area contributed by atoms with Crippen molar-refractivity contribution in [2.45, 2.75) is 25.8 Å². The molecule has 0 bridgehead atoms. The first kappa shape index (κ1) is 15.5. The molecule has 2 nitrogen and oxygen atoms in total. The third-order valence-corrected chi connectivity index (χ3v) is 3.48. The maximum Gasteiger partial charge on any atom is 0.128 e. The number of unbranched alkanes of at least 4 members (excludes halogenated alkanes) is 1. The first-order chi connectivity index (χ1) is 10.3. The van der Waals surface area contributed by atoms with Crippen LogP contribution in [0.2, 0.25) is 0 Å². The minimum Gasteiger partial charge on any atom is -0.494 e. The Hall–Kier alpha value is -1.87. The van der Waals surface area contributed by atoms with E-state index in [4.69, 9.17) is 4.74 Å². The van der Waals surface area contributed by atoms with Crippen molar-refractivity contribution in [3.8, 4) is 5.75 Å². The van der Waals surface area contributed by atoms with Gasteiger partial charge in [0.1, 0.15) is 11.6 Å². The van der Waals surface area contributed by atoms with E-state index in [0.29, 0.717) is 5.56 Å². The summed E-state index contributed by atoms with van der Waals surface area (Å²) in [6.07, 6.45) is 2.17. The molecule has 0 aromatic heterocycles. The van der Waals surface area contributed by atoms with Gasteiger partial charge in [0, 0.05) is 5.56 Å². The molecule has 2 aromatic rings. The van der Waals surface area contributed by atoms with E-state index in [-0.39, 0.29) is 11.9 Å². The van der Waals surface area contributed by atoms with Gasteiger partial charge in [0.2, 0.25) is 0 Å². The van der Waals surface area contributed by atoms with Gasteiger partial charge in [-0.3, -0.25) is 0 Å². The molecule has 0 aliphatic carbocycles. The van der Waals surface area contributed by atoms with E-state index in [0.717, 1.165) is 30.8 Å². The Morgan fingerprint density at radius 2 is 1.81 bits per heavy atom. The Kier molecular flexibility index (Phi) is 5.76. The molecule has 0 aliphatic rings. The molecule has 0 spiro atoms. The minimum absolute atomic E-state index is 0.157. The normalized spacial score (nSPS) is 12.1. The summed E-state index contributed by atoms with van der Waals surface area (Å²) in [7, 11) is 1.84. The monoisotopic (exact) mass is 287 g/mol. The molecule has 2 aromatic carbocycles. The van der Waals surface area contributed by atoms with Crippen LogP contribution in [0.25, 0.3) is 0 Å². The summed E-state index contributed by atoms with van der Waals surface area (Å²) in [5.41, 5.74) is 1.67. The van der Waals surface area contributed by atoms with Crippen LogP contribution in [-0.4, -0.2) is 13.7 Å². The lowest BCUT2D eigenvalue weighted by atomic mass is 9.98. The minimum atomic E-state index is -0.194. The third kappa shape index (κ3) is 4.05. The van der Waals surface area contributed by atoms with Crippen molar-refractivity contribution < 1.29 is 9.13 Å². The molecule has 1 N–H and O–H groups in total. The van der Waals surface area contributed by atoms with E-state index in [9.17, 15) is 4.39 Å². The molecule has 1 atom stereocenters. The van der Waals surface area contributed by atoms with E-state index in [2.05, 4.69) is 12.2 Å². The molecule has 112 valence electrons. The smallest absolute Gasteiger partial charge is 0.128 e. The van der Waals surface area contributed by atoms with E-state index < -0.39 is 0 Å². The molecule has 0 fully saturated rings. The molecule has 2 rings (SSSR count). The second-order valence-corrected chi connectivity index (χ2v) is 5.01. The van der Waals surface area contributed by atoms with E-state index in [1.54, 1.807) is 6.07 Å². The maximum atomic E-state index is 13.9. The molecule has 1 unspecified atom stereocenters. The number of rotatable bonds is 7. The maximum absolute atomic E-state index is 13.9. The summed E-state index contributed by atoms with van der Waals surface area (Å²) in [6.45, 7) is 2.87. The Balaban J connectivity index is 2.14. The topological polar surface area (TPSA) is 21.3 Å². The van der Waals surface area contributed by atoms with Gasteiger partial charge in [-0.15, -0.1) is 0 Å². The molecular weight excluding hydrogens is 265 g/mol. The fraction of sp³-hybridized carbons (Fsp3) is 0.333. The fourth-order valence-electron chi connectivity index (χ4n) is 2.30. The van der Waals surface area contributed by atoms with Crippen LogP contribution in [-0.2, 0) is 0 Å². The molecule has 0 radical (unpaired) electrons. The Morgan fingerprint density at radius 1 is 1.10 bits per heavy atom. The Labute approximate surface area is 126 Å². The Bertz CT molecular complexity index is 553. The number of hydrogen-bond acceptors (Lipinski definition) is 2. The molecule has 0 saturated heterocycles. The van der Waals surface area contributed by atoms with Gasteiger partial charge in [0.05, 0.1) is 12.6 Å². The second-order valence-electron chi connectivity index (χ2n) is 5.01. The van der Waals surface area contributed by atoms with Crippen molar-refractivity contribution in [2.24, 2.45) is 0 Å². The summed E-state index contributed by atoms with van der Waals surface area (Å²) >= 11 is 0. The van der Waals surface area contributed by atoms with Gasteiger partial charge < -0.3 is 10.1 Å². The zero-order chi connectivity index (χ0) is 15.1. The molecule has 0 saturated carbocycles. The van der Waals surface area contributed by atoms with Gasteiger partial charge in [-0.2, -0.15) is 0 Å². The van der Waals surface area contributed by atoms with Crippen LogP contribution in [0.4, 0.5) is 4.39 Å². The molecule has 21 heavy (non-hydrogen) atoms. The number of hydrogen-bond donors (Lipinski definition) is 1. The zero-order valence-electron chi connectivity index (χ0n) is 12.6. The van der Waals surface area contributed by atoms with E-state index in [1.807, 2.05) is 43.4 Å². The lowest BCUT2D eigenvalue weighted by Gasteiger charge is -2.18. The van der Waals surface area contributed by atoms with Crippen molar-refractivity contribution in [1.29, 1.82) is 0 Å². The van der Waals surface area contributed by atoms with Crippen molar-refractivity contribution >= 4 is 0 Å². The number of halogens is 1. The van der Waals surface area contributed by atoms with Gasteiger partial charge >= 0.3 is 0 Å². The highest BCUT2D eigenvalue weighted by molar-refractivity contribution is 5.36.